The van der Waals surface area contributed by atoms with Gasteiger partial charge in [0.1, 0.15) is 0 Å². The maximum absolute atomic E-state index is 11.9. The van der Waals surface area contributed by atoms with Crippen LogP contribution in [0.2, 0.25) is 0 Å². The molecule has 0 aliphatic carbocycles. The van der Waals surface area contributed by atoms with E-state index in [0.29, 0.717) is 17.9 Å². The van der Waals surface area contributed by atoms with E-state index in [2.05, 4.69) is 15.5 Å². The number of aliphatic hydroxyl groups excluding tert-OH is 1. The fourth-order valence-corrected chi connectivity index (χ4v) is 2.02. The van der Waals surface area contributed by atoms with E-state index in [4.69, 9.17) is 0 Å². The summed E-state index contributed by atoms with van der Waals surface area (Å²) in [7, 11) is 0. The van der Waals surface area contributed by atoms with Crippen molar-refractivity contribution >= 4 is 16.8 Å². The highest BCUT2D eigenvalue weighted by atomic mass is 16.3. The van der Waals surface area contributed by atoms with E-state index >= 15 is 0 Å². The topological polar surface area (TPSA) is 78.0 Å². The summed E-state index contributed by atoms with van der Waals surface area (Å²) < 4.78 is 0. The zero-order chi connectivity index (χ0) is 13.8. The Bertz CT molecular complexity index is 563. The molecule has 0 saturated carbocycles. The van der Waals surface area contributed by atoms with Crippen LogP contribution in [-0.2, 0) is 0 Å². The fourth-order valence-electron chi connectivity index (χ4n) is 2.02. The number of H-pyrrole nitrogens is 1. The van der Waals surface area contributed by atoms with Crippen LogP contribution in [0.3, 0.4) is 0 Å². The number of carbonyl (C=O) groups is 1. The SMILES string of the molecule is CC(C)CC(O)CNC(=O)c1ccc2cn[nH]c2c1. The van der Waals surface area contributed by atoms with Gasteiger partial charge in [0.05, 0.1) is 17.8 Å². The molecule has 1 unspecified atom stereocenters. The smallest absolute Gasteiger partial charge is 0.251 e. The van der Waals surface area contributed by atoms with Gasteiger partial charge in [-0.2, -0.15) is 5.10 Å². The number of aliphatic hydroxyl groups is 1. The Balaban J connectivity index is 1.95. The maximum atomic E-state index is 11.9. The van der Waals surface area contributed by atoms with E-state index in [1.807, 2.05) is 19.9 Å². The number of amides is 1. The minimum atomic E-state index is -0.500. The van der Waals surface area contributed by atoms with Gasteiger partial charge in [0.15, 0.2) is 0 Å². The number of nitrogens with zero attached hydrogens (tertiary/aromatic N) is 1. The number of nitrogens with one attached hydrogen (secondary N) is 2. The Morgan fingerprint density at radius 1 is 1.47 bits per heavy atom. The lowest BCUT2D eigenvalue weighted by Crippen LogP contribution is -2.32. The van der Waals surface area contributed by atoms with Crippen LogP contribution in [0.15, 0.2) is 24.4 Å². The van der Waals surface area contributed by atoms with Crippen LogP contribution < -0.4 is 5.32 Å². The summed E-state index contributed by atoms with van der Waals surface area (Å²) in [5.74, 6) is 0.229. The highest BCUT2D eigenvalue weighted by Gasteiger charge is 2.11. The highest BCUT2D eigenvalue weighted by molar-refractivity contribution is 5.97. The van der Waals surface area contributed by atoms with Crippen LogP contribution in [-0.4, -0.2) is 33.9 Å². The molecular weight excluding hydrogens is 242 g/mol. The van der Waals surface area contributed by atoms with Crippen molar-refractivity contribution in [3.8, 4) is 0 Å². The molecule has 0 aliphatic rings. The summed E-state index contributed by atoms with van der Waals surface area (Å²) in [5.41, 5.74) is 1.39. The number of aromatic nitrogens is 2. The first kappa shape index (κ1) is 13.5. The van der Waals surface area contributed by atoms with E-state index in [9.17, 15) is 9.90 Å². The third kappa shape index (κ3) is 3.54. The molecule has 5 nitrogen and oxygen atoms in total. The standard InChI is InChI=1S/C14H19N3O2/c1-9(2)5-12(18)8-15-14(19)10-3-4-11-7-16-17-13(11)6-10/h3-4,6-7,9,12,18H,5,8H2,1-2H3,(H,15,19)(H,16,17). The van der Waals surface area contributed by atoms with Gasteiger partial charge < -0.3 is 10.4 Å². The molecule has 2 aromatic rings. The number of benzene rings is 1. The minimum absolute atomic E-state index is 0.181. The molecule has 3 N–H and O–H groups in total. The van der Waals surface area contributed by atoms with Gasteiger partial charge in [-0.1, -0.05) is 19.9 Å². The van der Waals surface area contributed by atoms with E-state index in [1.165, 1.54) is 0 Å². The Hall–Kier alpha value is -1.88. The third-order valence-electron chi connectivity index (χ3n) is 2.95. The molecule has 19 heavy (non-hydrogen) atoms. The van der Waals surface area contributed by atoms with Gasteiger partial charge >= 0.3 is 0 Å². The van der Waals surface area contributed by atoms with E-state index < -0.39 is 6.10 Å². The van der Waals surface area contributed by atoms with E-state index in [0.717, 1.165) is 10.9 Å². The number of fused-ring (bicyclic) bond motifs is 1. The molecular formula is C14H19N3O2. The monoisotopic (exact) mass is 261 g/mol. The second-order valence-electron chi connectivity index (χ2n) is 5.17. The van der Waals surface area contributed by atoms with Gasteiger partial charge in [-0.05, 0) is 24.5 Å². The van der Waals surface area contributed by atoms with Crippen LogP contribution >= 0.6 is 0 Å². The van der Waals surface area contributed by atoms with Crippen LogP contribution in [0.4, 0.5) is 0 Å². The normalized spacial score (nSPS) is 12.8. The Morgan fingerprint density at radius 2 is 2.26 bits per heavy atom. The van der Waals surface area contributed by atoms with Gasteiger partial charge in [0.25, 0.3) is 5.91 Å². The number of rotatable bonds is 5. The van der Waals surface area contributed by atoms with Gasteiger partial charge in [-0.15, -0.1) is 0 Å². The molecule has 0 spiro atoms. The number of hydrogen-bond donors (Lipinski definition) is 3. The van der Waals surface area contributed by atoms with Crippen molar-refractivity contribution in [1.29, 1.82) is 0 Å². The van der Waals surface area contributed by atoms with Crippen molar-refractivity contribution in [3.05, 3.63) is 30.0 Å². The molecule has 1 aromatic carbocycles. The van der Waals surface area contributed by atoms with Crippen LogP contribution in [0.25, 0.3) is 10.9 Å². The molecule has 2 rings (SSSR count). The molecule has 0 aliphatic heterocycles. The van der Waals surface area contributed by atoms with Crippen LogP contribution in [0, 0.1) is 5.92 Å². The lowest BCUT2D eigenvalue weighted by atomic mass is 10.1. The second-order valence-corrected chi connectivity index (χ2v) is 5.17. The zero-order valence-corrected chi connectivity index (χ0v) is 11.2. The molecule has 1 heterocycles. The number of carbonyl (C=O) groups excluding carboxylic acids is 1. The van der Waals surface area contributed by atoms with Crippen molar-refractivity contribution in [2.75, 3.05) is 6.54 Å². The van der Waals surface area contributed by atoms with Gasteiger partial charge in [0, 0.05) is 17.5 Å². The number of hydrogen-bond acceptors (Lipinski definition) is 3. The molecule has 0 saturated heterocycles. The highest BCUT2D eigenvalue weighted by Crippen LogP contribution is 2.12. The van der Waals surface area contributed by atoms with Crippen LogP contribution in [0.5, 0.6) is 0 Å². The lowest BCUT2D eigenvalue weighted by molar-refractivity contribution is 0.0900. The maximum Gasteiger partial charge on any atom is 0.251 e. The quantitative estimate of drug-likeness (QED) is 0.766. The molecule has 1 atom stereocenters. The summed E-state index contributed by atoms with van der Waals surface area (Å²) in [6.07, 6.45) is 1.89. The first-order chi connectivity index (χ1) is 9.06. The lowest BCUT2D eigenvalue weighted by Gasteiger charge is -2.13. The van der Waals surface area contributed by atoms with Crippen molar-refractivity contribution in [2.24, 2.45) is 5.92 Å². The van der Waals surface area contributed by atoms with Crippen LogP contribution in [0.1, 0.15) is 30.6 Å². The summed E-state index contributed by atoms with van der Waals surface area (Å²) in [5, 5.41) is 20.2. The summed E-state index contributed by atoms with van der Waals surface area (Å²) in [6, 6.07) is 5.35. The Labute approximate surface area is 112 Å². The summed E-state index contributed by atoms with van der Waals surface area (Å²) in [6.45, 7) is 4.35. The molecule has 0 bridgehead atoms. The zero-order valence-electron chi connectivity index (χ0n) is 11.2. The minimum Gasteiger partial charge on any atom is -0.391 e. The molecule has 1 amide bonds. The Kier molecular flexibility index (Phi) is 4.16. The average molecular weight is 261 g/mol. The molecule has 5 heteroatoms. The predicted molar refractivity (Wildman–Crippen MR) is 73.9 cm³/mol. The van der Waals surface area contributed by atoms with E-state index in [1.54, 1.807) is 18.3 Å². The summed E-state index contributed by atoms with van der Waals surface area (Å²) >= 11 is 0. The van der Waals surface area contributed by atoms with Crippen molar-refractivity contribution in [2.45, 2.75) is 26.4 Å². The molecule has 1 aromatic heterocycles. The van der Waals surface area contributed by atoms with Gasteiger partial charge in [-0.3, -0.25) is 9.89 Å². The summed E-state index contributed by atoms with van der Waals surface area (Å²) in [4.78, 5) is 11.9. The molecule has 0 fully saturated rings. The first-order valence-electron chi connectivity index (χ1n) is 6.45. The number of aromatic amines is 1. The first-order valence-corrected chi connectivity index (χ1v) is 6.45. The third-order valence-corrected chi connectivity index (χ3v) is 2.95. The largest absolute Gasteiger partial charge is 0.391 e. The van der Waals surface area contributed by atoms with E-state index in [-0.39, 0.29) is 12.5 Å². The predicted octanol–water partition coefficient (Wildman–Crippen LogP) is 1.70. The molecule has 102 valence electrons. The van der Waals surface area contributed by atoms with Gasteiger partial charge in [-0.25, -0.2) is 0 Å². The second kappa shape index (κ2) is 5.84. The molecule has 0 radical (unpaired) electrons. The average Bonchev–Trinajstić information content (AvgIpc) is 2.82. The van der Waals surface area contributed by atoms with Crippen molar-refractivity contribution in [1.82, 2.24) is 15.5 Å². The fraction of sp³-hybridized carbons (Fsp3) is 0.429. The van der Waals surface area contributed by atoms with Crippen molar-refractivity contribution in [3.63, 3.8) is 0 Å². The van der Waals surface area contributed by atoms with Crippen molar-refractivity contribution < 1.29 is 9.90 Å². The van der Waals surface area contributed by atoms with Gasteiger partial charge in [0.2, 0.25) is 0 Å². The Morgan fingerprint density at radius 3 is 3.00 bits per heavy atom.